The van der Waals surface area contributed by atoms with E-state index < -0.39 is 0 Å². The van der Waals surface area contributed by atoms with Crippen LogP contribution >= 0.6 is 28.6 Å². The second-order valence-electron chi connectivity index (χ2n) is 4.74. The topological polar surface area (TPSA) is 44.8 Å². The molecule has 0 N–H and O–H groups in total. The highest BCUT2D eigenvalue weighted by atomic mass is 79.9. The van der Waals surface area contributed by atoms with Crippen molar-refractivity contribution in [1.29, 1.82) is 0 Å². The van der Waals surface area contributed by atoms with Crippen LogP contribution in [0.4, 0.5) is 0 Å². The average molecular weight is 397 g/mol. The molecule has 0 spiro atoms. The maximum atomic E-state index is 11.6. The van der Waals surface area contributed by atoms with Gasteiger partial charge in [0.25, 0.3) is 0 Å². The molecule has 0 saturated carbocycles. The van der Waals surface area contributed by atoms with Crippen molar-refractivity contribution < 1.29 is 19.0 Å². The predicted molar refractivity (Wildman–Crippen MR) is 95.9 cm³/mol. The van der Waals surface area contributed by atoms with Gasteiger partial charge in [-0.25, -0.2) is 4.79 Å². The van der Waals surface area contributed by atoms with Crippen molar-refractivity contribution in [2.24, 2.45) is 0 Å². The third-order valence-electron chi connectivity index (χ3n) is 3.45. The summed E-state index contributed by atoms with van der Waals surface area (Å²) >= 11 is 8.21. The maximum Gasteiger partial charge on any atom is 0.337 e. The number of benzene rings is 2. The second-order valence-corrected chi connectivity index (χ2v) is 6.11. The molecule has 23 heavy (non-hydrogen) atoms. The Morgan fingerprint density at radius 1 is 1.04 bits per heavy atom. The molecule has 122 valence electrons. The molecule has 0 fully saturated rings. The van der Waals surface area contributed by atoms with E-state index in [1.165, 1.54) is 7.11 Å². The van der Waals surface area contributed by atoms with Crippen LogP contribution < -0.4 is 9.47 Å². The first kappa shape index (κ1) is 17.7. The fourth-order valence-corrected chi connectivity index (χ4v) is 3.43. The maximum absolute atomic E-state index is 11.6. The Hall–Kier alpha value is -1.66. The van der Waals surface area contributed by atoms with Crippen molar-refractivity contribution in [2.45, 2.75) is 5.25 Å². The van der Waals surface area contributed by atoms with E-state index in [1.54, 1.807) is 26.4 Å². The molecule has 0 aromatic heterocycles. The fraction of sp³-hybridized carbons (Fsp3) is 0.235. The number of carbonyl (C=O) groups excluding carboxylic acids is 1. The van der Waals surface area contributed by atoms with E-state index in [0.717, 1.165) is 27.1 Å². The van der Waals surface area contributed by atoms with Gasteiger partial charge < -0.3 is 14.2 Å². The number of hydrogen-bond donors (Lipinski definition) is 1. The van der Waals surface area contributed by atoms with Crippen LogP contribution in [0.5, 0.6) is 11.5 Å². The number of carbonyl (C=O) groups is 1. The zero-order valence-electron chi connectivity index (χ0n) is 13.0. The van der Waals surface area contributed by atoms with E-state index in [4.69, 9.17) is 26.8 Å². The Bertz CT molecular complexity index is 718. The van der Waals surface area contributed by atoms with Gasteiger partial charge in [-0.1, -0.05) is 22.0 Å². The van der Waals surface area contributed by atoms with Gasteiger partial charge >= 0.3 is 5.97 Å². The molecule has 0 aliphatic heterocycles. The van der Waals surface area contributed by atoms with Crippen molar-refractivity contribution in [3.05, 3.63) is 57.6 Å². The Morgan fingerprint density at radius 3 is 2.35 bits per heavy atom. The van der Waals surface area contributed by atoms with Crippen LogP contribution in [0.1, 0.15) is 26.7 Å². The molecule has 0 amide bonds. The third-order valence-corrected chi connectivity index (χ3v) is 4.69. The largest absolute Gasteiger partial charge is 0.497 e. The van der Waals surface area contributed by atoms with E-state index in [2.05, 4.69) is 15.9 Å². The number of thiol groups is 1. The summed E-state index contributed by atoms with van der Waals surface area (Å²) in [5.74, 6) is 1.06. The molecule has 0 heterocycles. The van der Waals surface area contributed by atoms with Crippen LogP contribution in [-0.4, -0.2) is 27.3 Å². The Labute approximate surface area is 149 Å². The molecule has 1 atom stereocenters. The van der Waals surface area contributed by atoms with Gasteiger partial charge in [-0.15, -0.1) is 0 Å². The molecule has 0 aliphatic rings. The summed E-state index contributed by atoms with van der Waals surface area (Å²) in [4.78, 5) is 11.6. The summed E-state index contributed by atoms with van der Waals surface area (Å²) in [6.07, 6.45) is 0. The van der Waals surface area contributed by atoms with E-state index >= 15 is 0 Å². The summed E-state index contributed by atoms with van der Waals surface area (Å²) < 4.78 is 16.2. The van der Waals surface area contributed by atoms with Crippen molar-refractivity contribution >= 4 is 34.5 Å². The van der Waals surface area contributed by atoms with Crippen molar-refractivity contribution in [3.63, 3.8) is 0 Å². The van der Waals surface area contributed by atoms with Gasteiger partial charge in [-0.2, -0.15) is 12.6 Å². The summed E-state index contributed by atoms with van der Waals surface area (Å²) in [5, 5.41) is -0.249. The quantitative estimate of drug-likeness (QED) is 0.605. The van der Waals surface area contributed by atoms with Crippen LogP contribution in [0, 0.1) is 0 Å². The molecule has 2 rings (SSSR count). The highest BCUT2D eigenvalue weighted by Crippen LogP contribution is 2.39. The van der Waals surface area contributed by atoms with E-state index in [0.29, 0.717) is 5.56 Å². The minimum atomic E-state index is -0.382. The minimum Gasteiger partial charge on any atom is -0.497 e. The van der Waals surface area contributed by atoms with Crippen molar-refractivity contribution in [1.82, 2.24) is 0 Å². The molecule has 0 radical (unpaired) electrons. The first-order chi connectivity index (χ1) is 11.0. The lowest BCUT2D eigenvalue weighted by Gasteiger charge is -2.18. The highest BCUT2D eigenvalue weighted by molar-refractivity contribution is 9.10. The van der Waals surface area contributed by atoms with Gasteiger partial charge in [0.1, 0.15) is 11.5 Å². The van der Waals surface area contributed by atoms with Crippen molar-refractivity contribution in [3.8, 4) is 11.5 Å². The SMILES string of the molecule is COC(=O)c1ccc(C(S)c2cc(OC)ccc2OC)c(Br)c1. The van der Waals surface area contributed by atoms with E-state index in [9.17, 15) is 4.79 Å². The normalized spacial score (nSPS) is 11.7. The summed E-state index contributed by atoms with van der Waals surface area (Å²) in [7, 11) is 4.58. The zero-order chi connectivity index (χ0) is 17.0. The Kier molecular flexibility index (Phi) is 5.96. The smallest absolute Gasteiger partial charge is 0.337 e. The van der Waals surface area contributed by atoms with Gasteiger partial charge in [-0.3, -0.25) is 0 Å². The fourth-order valence-electron chi connectivity index (χ4n) is 2.21. The Morgan fingerprint density at radius 2 is 1.78 bits per heavy atom. The van der Waals surface area contributed by atoms with E-state index in [-0.39, 0.29) is 11.2 Å². The summed E-state index contributed by atoms with van der Waals surface area (Å²) in [6, 6.07) is 10.8. The number of ether oxygens (including phenoxy) is 3. The number of esters is 1. The van der Waals surface area contributed by atoms with Crippen molar-refractivity contribution in [2.75, 3.05) is 21.3 Å². The lowest BCUT2D eigenvalue weighted by atomic mass is 10.0. The van der Waals surface area contributed by atoms with Gasteiger partial charge in [0, 0.05) is 10.0 Å². The number of methoxy groups -OCH3 is 3. The number of halogens is 1. The standard InChI is InChI=1S/C17H17BrO4S/c1-20-11-5-7-15(21-2)13(9-11)16(23)12-6-4-10(8-14(12)18)17(19)22-3/h4-9,16,23H,1-3H3. The minimum absolute atomic E-state index is 0.249. The van der Waals surface area contributed by atoms with Crippen LogP contribution in [0.15, 0.2) is 40.9 Å². The molecular formula is C17H17BrO4S. The zero-order valence-corrected chi connectivity index (χ0v) is 15.5. The molecular weight excluding hydrogens is 380 g/mol. The van der Waals surface area contributed by atoms with Crippen LogP contribution in [0.2, 0.25) is 0 Å². The monoisotopic (exact) mass is 396 g/mol. The average Bonchev–Trinajstić information content (AvgIpc) is 2.59. The lowest BCUT2D eigenvalue weighted by molar-refractivity contribution is 0.0600. The van der Waals surface area contributed by atoms with Gasteiger partial charge in [-0.05, 0) is 35.9 Å². The van der Waals surface area contributed by atoms with Gasteiger partial charge in [0.15, 0.2) is 0 Å². The summed E-state index contributed by atoms with van der Waals surface area (Å²) in [5.41, 5.74) is 2.26. The molecule has 1 unspecified atom stereocenters. The molecule has 0 bridgehead atoms. The molecule has 2 aromatic rings. The lowest BCUT2D eigenvalue weighted by Crippen LogP contribution is -2.03. The van der Waals surface area contributed by atoms with Crippen LogP contribution in [0.25, 0.3) is 0 Å². The molecule has 0 saturated heterocycles. The van der Waals surface area contributed by atoms with E-state index in [1.807, 2.05) is 24.3 Å². The van der Waals surface area contributed by atoms with Crippen LogP contribution in [-0.2, 0) is 4.74 Å². The van der Waals surface area contributed by atoms with Gasteiger partial charge in [0.2, 0.25) is 0 Å². The third kappa shape index (κ3) is 3.82. The highest BCUT2D eigenvalue weighted by Gasteiger charge is 2.19. The number of hydrogen-bond acceptors (Lipinski definition) is 5. The first-order valence-electron chi connectivity index (χ1n) is 6.79. The molecule has 2 aromatic carbocycles. The molecule has 0 aliphatic carbocycles. The van der Waals surface area contributed by atoms with Gasteiger partial charge in [0.05, 0.1) is 32.1 Å². The first-order valence-corrected chi connectivity index (χ1v) is 8.10. The van der Waals surface area contributed by atoms with Crippen LogP contribution in [0.3, 0.4) is 0 Å². The molecule has 6 heteroatoms. The second kappa shape index (κ2) is 7.75. The molecule has 4 nitrogen and oxygen atoms in total. The number of rotatable bonds is 5. The predicted octanol–water partition coefficient (Wildman–Crippen LogP) is 4.27. The Balaban J connectivity index is 2.44. The summed E-state index contributed by atoms with van der Waals surface area (Å²) in [6.45, 7) is 0.